The van der Waals surface area contributed by atoms with Gasteiger partial charge in [0.2, 0.25) is 0 Å². The van der Waals surface area contributed by atoms with Gasteiger partial charge in [-0.2, -0.15) is 5.10 Å². The topological polar surface area (TPSA) is 55.6 Å². The molecule has 0 aliphatic heterocycles. The molecule has 0 fully saturated rings. The minimum atomic E-state index is 0.441. The highest BCUT2D eigenvalue weighted by Crippen LogP contribution is 2.30. The SMILES string of the molecule is Cc1cc(C)n(-c2nc3cc(Cl)c(Cl)cc3nc2Nc2ccccc2)n1. The first-order valence-electron chi connectivity index (χ1n) is 8.04. The second-order valence-corrected chi connectivity index (χ2v) is 6.80. The quantitative estimate of drug-likeness (QED) is 0.508. The maximum Gasteiger partial charge on any atom is 0.197 e. The molecule has 2 heterocycles. The Balaban J connectivity index is 1.95. The third-order valence-electron chi connectivity index (χ3n) is 3.93. The van der Waals surface area contributed by atoms with Gasteiger partial charge in [-0.15, -0.1) is 0 Å². The standard InChI is InChI=1S/C19H15Cl2N5/c1-11-8-12(2)26(25-11)19-18(22-13-6-4-3-5-7-13)23-16-9-14(20)15(21)10-17(16)24-19/h3-10H,1-2H3,(H,22,23). The first-order valence-corrected chi connectivity index (χ1v) is 8.79. The monoisotopic (exact) mass is 383 g/mol. The van der Waals surface area contributed by atoms with Gasteiger partial charge in [0.15, 0.2) is 11.6 Å². The molecule has 0 aliphatic rings. The number of benzene rings is 2. The lowest BCUT2D eigenvalue weighted by Crippen LogP contribution is -2.08. The normalized spacial score (nSPS) is 11.1. The van der Waals surface area contributed by atoms with E-state index in [1.54, 1.807) is 16.8 Å². The van der Waals surface area contributed by atoms with Crippen LogP contribution in [0.4, 0.5) is 11.5 Å². The zero-order chi connectivity index (χ0) is 18.3. The summed E-state index contributed by atoms with van der Waals surface area (Å²) in [7, 11) is 0. The van der Waals surface area contributed by atoms with E-state index >= 15 is 0 Å². The summed E-state index contributed by atoms with van der Waals surface area (Å²) in [5.74, 6) is 1.19. The van der Waals surface area contributed by atoms with Gasteiger partial charge in [0.05, 0.1) is 26.8 Å². The second kappa shape index (κ2) is 6.59. The van der Waals surface area contributed by atoms with E-state index in [0.29, 0.717) is 32.7 Å². The van der Waals surface area contributed by atoms with E-state index < -0.39 is 0 Å². The van der Waals surface area contributed by atoms with E-state index in [1.165, 1.54) is 0 Å². The Morgan fingerprint density at radius 2 is 1.54 bits per heavy atom. The van der Waals surface area contributed by atoms with Gasteiger partial charge in [0.1, 0.15) is 0 Å². The molecule has 0 aliphatic carbocycles. The molecule has 4 rings (SSSR count). The van der Waals surface area contributed by atoms with Crippen LogP contribution in [0.25, 0.3) is 16.9 Å². The number of nitrogens with one attached hydrogen (secondary N) is 1. The zero-order valence-corrected chi connectivity index (χ0v) is 15.7. The Bertz CT molecular complexity index is 1110. The number of halogens is 2. The fourth-order valence-corrected chi connectivity index (χ4v) is 3.09. The fourth-order valence-electron chi connectivity index (χ4n) is 2.78. The van der Waals surface area contributed by atoms with Crippen molar-refractivity contribution in [3.05, 3.63) is 70.0 Å². The molecule has 2 aromatic carbocycles. The number of aryl methyl sites for hydroxylation is 2. The van der Waals surface area contributed by atoms with Crippen molar-refractivity contribution in [1.29, 1.82) is 0 Å². The van der Waals surface area contributed by atoms with Gasteiger partial charge in [0.25, 0.3) is 0 Å². The highest BCUT2D eigenvalue weighted by atomic mass is 35.5. The predicted molar refractivity (Wildman–Crippen MR) is 106 cm³/mol. The lowest BCUT2D eigenvalue weighted by Gasteiger charge is -2.13. The van der Waals surface area contributed by atoms with E-state index in [-0.39, 0.29) is 0 Å². The van der Waals surface area contributed by atoms with Gasteiger partial charge < -0.3 is 5.32 Å². The Morgan fingerprint density at radius 3 is 2.15 bits per heavy atom. The van der Waals surface area contributed by atoms with Crippen LogP contribution in [0.2, 0.25) is 10.0 Å². The van der Waals surface area contributed by atoms with Gasteiger partial charge in [-0.05, 0) is 44.2 Å². The van der Waals surface area contributed by atoms with Crippen LogP contribution < -0.4 is 5.32 Å². The summed E-state index contributed by atoms with van der Waals surface area (Å²) in [6.07, 6.45) is 0. The van der Waals surface area contributed by atoms with Crippen LogP contribution in [-0.4, -0.2) is 19.7 Å². The van der Waals surface area contributed by atoms with Crippen LogP contribution in [-0.2, 0) is 0 Å². The predicted octanol–water partition coefficient (Wildman–Crippen LogP) is 5.48. The van der Waals surface area contributed by atoms with Gasteiger partial charge in [-0.1, -0.05) is 41.4 Å². The summed E-state index contributed by atoms with van der Waals surface area (Å²) >= 11 is 12.3. The van der Waals surface area contributed by atoms with E-state index in [0.717, 1.165) is 17.1 Å². The molecule has 5 nitrogen and oxygen atoms in total. The van der Waals surface area contributed by atoms with Crippen LogP contribution >= 0.6 is 23.2 Å². The average Bonchev–Trinajstić information content (AvgIpc) is 2.95. The second-order valence-electron chi connectivity index (χ2n) is 5.98. The number of hydrogen-bond donors (Lipinski definition) is 1. The molecule has 7 heteroatoms. The maximum absolute atomic E-state index is 6.15. The molecule has 0 atom stereocenters. The summed E-state index contributed by atoms with van der Waals surface area (Å²) < 4.78 is 1.77. The smallest absolute Gasteiger partial charge is 0.197 e. The van der Waals surface area contributed by atoms with Crippen LogP contribution in [0, 0.1) is 13.8 Å². The van der Waals surface area contributed by atoms with Crippen molar-refractivity contribution in [1.82, 2.24) is 19.7 Å². The van der Waals surface area contributed by atoms with Gasteiger partial charge in [-0.3, -0.25) is 0 Å². The van der Waals surface area contributed by atoms with Crippen molar-refractivity contribution in [3.63, 3.8) is 0 Å². The summed E-state index contributed by atoms with van der Waals surface area (Å²) in [4.78, 5) is 9.47. The summed E-state index contributed by atoms with van der Waals surface area (Å²) in [5.41, 5.74) is 4.09. The van der Waals surface area contributed by atoms with Crippen molar-refractivity contribution in [2.75, 3.05) is 5.32 Å². The van der Waals surface area contributed by atoms with E-state index in [1.807, 2.05) is 50.2 Å². The number of nitrogens with zero attached hydrogens (tertiary/aromatic N) is 4. The van der Waals surface area contributed by atoms with Crippen molar-refractivity contribution in [2.45, 2.75) is 13.8 Å². The van der Waals surface area contributed by atoms with Crippen LogP contribution in [0.5, 0.6) is 0 Å². The largest absolute Gasteiger partial charge is 0.337 e. The van der Waals surface area contributed by atoms with E-state index in [2.05, 4.69) is 10.4 Å². The minimum absolute atomic E-state index is 0.441. The molecule has 130 valence electrons. The van der Waals surface area contributed by atoms with Gasteiger partial charge in [-0.25, -0.2) is 14.6 Å². The molecule has 0 saturated carbocycles. The zero-order valence-electron chi connectivity index (χ0n) is 14.2. The number of aromatic nitrogens is 4. The molecule has 0 bridgehead atoms. The molecule has 4 aromatic rings. The first kappa shape index (κ1) is 16.8. The number of fused-ring (bicyclic) bond motifs is 1. The highest BCUT2D eigenvalue weighted by molar-refractivity contribution is 6.42. The van der Waals surface area contributed by atoms with E-state index in [4.69, 9.17) is 33.2 Å². The van der Waals surface area contributed by atoms with Crippen molar-refractivity contribution in [2.24, 2.45) is 0 Å². The Labute approximate surface area is 160 Å². The highest BCUT2D eigenvalue weighted by Gasteiger charge is 2.15. The molecule has 0 saturated heterocycles. The van der Waals surface area contributed by atoms with Crippen LogP contribution in [0.1, 0.15) is 11.4 Å². The van der Waals surface area contributed by atoms with Gasteiger partial charge >= 0.3 is 0 Å². The molecular formula is C19H15Cl2N5. The average molecular weight is 384 g/mol. The summed E-state index contributed by atoms with van der Waals surface area (Å²) in [5, 5.41) is 8.75. The van der Waals surface area contributed by atoms with Gasteiger partial charge in [0, 0.05) is 11.4 Å². The van der Waals surface area contributed by atoms with Crippen molar-refractivity contribution in [3.8, 4) is 5.82 Å². The van der Waals surface area contributed by atoms with Crippen LogP contribution in [0.3, 0.4) is 0 Å². The van der Waals surface area contributed by atoms with Crippen molar-refractivity contribution >= 4 is 45.7 Å². The molecule has 0 unspecified atom stereocenters. The molecule has 1 N–H and O–H groups in total. The number of anilines is 2. The maximum atomic E-state index is 6.15. The number of rotatable bonds is 3. The summed E-state index contributed by atoms with van der Waals surface area (Å²) in [6.45, 7) is 3.92. The Morgan fingerprint density at radius 1 is 0.885 bits per heavy atom. The Hall–Kier alpha value is -2.63. The third kappa shape index (κ3) is 3.11. The summed E-state index contributed by atoms with van der Waals surface area (Å²) in [6, 6.07) is 15.2. The van der Waals surface area contributed by atoms with Crippen molar-refractivity contribution < 1.29 is 0 Å². The number of hydrogen-bond acceptors (Lipinski definition) is 4. The first-order chi connectivity index (χ1) is 12.5. The lowest BCUT2D eigenvalue weighted by molar-refractivity contribution is 0.808. The van der Waals surface area contributed by atoms with Crippen LogP contribution in [0.15, 0.2) is 48.5 Å². The minimum Gasteiger partial charge on any atom is -0.337 e. The number of para-hydroxylation sites is 1. The van der Waals surface area contributed by atoms with E-state index in [9.17, 15) is 0 Å². The molecule has 0 amide bonds. The molecule has 0 radical (unpaired) electrons. The fraction of sp³-hybridized carbons (Fsp3) is 0.105. The lowest BCUT2D eigenvalue weighted by atomic mass is 10.3. The molecule has 26 heavy (non-hydrogen) atoms. The molecule has 0 spiro atoms. The Kier molecular flexibility index (Phi) is 4.26. The molecule has 2 aromatic heterocycles. The molecular weight excluding hydrogens is 369 g/mol. The third-order valence-corrected chi connectivity index (χ3v) is 4.66.